The van der Waals surface area contributed by atoms with Gasteiger partial charge in [-0.2, -0.15) is 0 Å². The van der Waals surface area contributed by atoms with E-state index in [0.717, 1.165) is 25.0 Å². The van der Waals surface area contributed by atoms with E-state index in [1.54, 1.807) is 0 Å². The fourth-order valence-corrected chi connectivity index (χ4v) is 5.51. The molecule has 4 aromatic rings. The van der Waals surface area contributed by atoms with Gasteiger partial charge in [0.25, 0.3) is 0 Å². The zero-order valence-corrected chi connectivity index (χ0v) is 29.4. The molecule has 0 fully saturated rings. The van der Waals surface area contributed by atoms with Crippen LogP contribution in [0.15, 0.2) is 147 Å². The number of ether oxygens (including phenoxy) is 3. The minimum atomic E-state index is -0.568. The summed E-state index contributed by atoms with van der Waals surface area (Å²) in [5.74, 6) is 0.677. The Bertz CT molecular complexity index is 1390. The molecule has 0 spiro atoms. The van der Waals surface area contributed by atoms with E-state index < -0.39 is 6.10 Å². The molecule has 6 atom stereocenters. The predicted molar refractivity (Wildman–Crippen MR) is 200 cm³/mol. The third-order valence-corrected chi connectivity index (χ3v) is 8.37. The summed E-state index contributed by atoms with van der Waals surface area (Å²) in [5.41, 5.74) is 4.78. The molecule has 4 heteroatoms. The van der Waals surface area contributed by atoms with E-state index in [1.165, 1.54) is 16.7 Å². The smallest absolute Gasteiger partial charge is 0.0899 e. The van der Waals surface area contributed by atoms with E-state index in [2.05, 4.69) is 82.5 Å². The van der Waals surface area contributed by atoms with Crippen molar-refractivity contribution in [2.75, 3.05) is 6.61 Å². The zero-order valence-electron chi connectivity index (χ0n) is 29.4. The third-order valence-electron chi connectivity index (χ3n) is 8.37. The lowest BCUT2D eigenvalue weighted by molar-refractivity contribution is -0.0937. The van der Waals surface area contributed by atoms with Gasteiger partial charge in [-0.15, -0.1) is 13.2 Å². The average molecular weight is 649 g/mol. The second kappa shape index (κ2) is 22.0. The minimum absolute atomic E-state index is 0.0133. The summed E-state index contributed by atoms with van der Waals surface area (Å²) in [7, 11) is 0. The van der Waals surface area contributed by atoms with E-state index in [0.29, 0.717) is 19.1 Å². The van der Waals surface area contributed by atoms with Gasteiger partial charge in [0.2, 0.25) is 0 Å². The predicted octanol–water partition coefficient (Wildman–Crippen LogP) is 9.68. The van der Waals surface area contributed by atoms with Crippen molar-refractivity contribution in [3.05, 3.63) is 169 Å². The Morgan fingerprint density at radius 3 is 1.29 bits per heavy atom. The van der Waals surface area contributed by atoms with Gasteiger partial charge in [0.15, 0.2) is 0 Å². The Balaban J connectivity index is 0.000000264. The highest BCUT2D eigenvalue weighted by molar-refractivity contribution is 5.18. The molecule has 4 nitrogen and oxygen atoms in total. The Hall–Kier alpha value is -3.80. The molecular weight excluding hydrogens is 592 g/mol. The molecule has 4 rings (SSSR count). The number of hydrogen-bond donors (Lipinski definition) is 1. The first-order valence-electron chi connectivity index (χ1n) is 17.2. The summed E-state index contributed by atoms with van der Waals surface area (Å²) in [5, 5.41) is 10.5. The van der Waals surface area contributed by atoms with Gasteiger partial charge in [-0.25, -0.2) is 0 Å². The molecule has 0 aromatic heterocycles. The standard InChI is InChI=1S/C24H32O2.C20H24O2/c1-5-23(16-21-12-8-6-9-13-21)24(26-17-19(2)3)20(4)25-18-22-14-10-7-11-15-22;1-3-19(14-17-10-6-4-7-11-17)20(21)16(2)22-15-18-12-8-5-9-13-18/h5-15,19-20,23-24H,1,16-18H2,2-4H3;3-13,16,19-21H,1,14-15H2,2H3/t20-,23+,24-;16-,19+,20-/m00/s1. The van der Waals surface area contributed by atoms with Gasteiger partial charge in [0.1, 0.15) is 0 Å². The van der Waals surface area contributed by atoms with Gasteiger partial charge < -0.3 is 19.3 Å². The number of aliphatic hydroxyl groups excluding tert-OH is 1. The molecule has 0 unspecified atom stereocenters. The Morgan fingerprint density at radius 2 is 0.896 bits per heavy atom. The zero-order chi connectivity index (χ0) is 34.6. The second-order valence-corrected chi connectivity index (χ2v) is 12.9. The number of aliphatic hydroxyl groups is 1. The molecule has 48 heavy (non-hydrogen) atoms. The van der Waals surface area contributed by atoms with Crippen LogP contribution >= 0.6 is 0 Å². The molecule has 0 heterocycles. The van der Waals surface area contributed by atoms with Gasteiger partial charge in [-0.1, -0.05) is 147 Å². The normalized spacial score (nSPS) is 14.9. The van der Waals surface area contributed by atoms with Crippen LogP contribution in [0.4, 0.5) is 0 Å². The van der Waals surface area contributed by atoms with Crippen molar-refractivity contribution in [3.8, 4) is 0 Å². The van der Waals surface area contributed by atoms with E-state index in [-0.39, 0.29) is 30.1 Å². The van der Waals surface area contributed by atoms with Crippen LogP contribution in [-0.2, 0) is 40.3 Å². The molecule has 0 aliphatic rings. The summed E-state index contributed by atoms with van der Waals surface area (Å²) in [6.07, 6.45) is 4.67. The van der Waals surface area contributed by atoms with Crippen molar-refractivity contribution in [1.29, 1.82) is 0 Å². The van der Waals surface area contributed by atoms with Crippen molar-refractivity contribution in [3.63, 3.8) is 0 Å². The van der Waals surface area contributed by atoms with Crippen LogP contribution in [0.5, 0.6) is 0 Å². The van der Waals surface area contributed by atoms with Crippen LogP contribution in [0.25, 0.3) is 0 Å². The molecule has 0 bridgehead atoms. The summed E-state index contributed by atoms with van der Waals surface area (Å²) in [6.45, 7) is 18.1. The highest BCUT2D eigenvalue weighted by Gasteiger charge is 2.27. The first kappa shape index (κ1) is 38.6. The van der Waals surface area contributed by atoms with E-state index in [1.807, 2.05) is 91.9 Å². The van der Waals surface area contributed by atoms with Crippen molar-refractivity contribution in [2.24, 2.45) is 17.8 Å². The minimum Gasteiger partial charge on any atom is -0.390 e. The molecule has 0 aliphatic heterocycles. The molecule has 0 saturated heterocycles. The van der Waals surface area contributed by atoms with Crippen LogP contribution in [-0.4, -0.2) is 36.1 Å². The molecule has 1 N–H and O–H groups in total. The van der Waals surface area contributed by atoms with E-state index in [4.69, 9.17) is 14.2 Å². The molecule has 256 valence electrons. The van der Waals surface area contributed by atoms with Crippen LogP contribution in [0.2, 0.25) is 0 Å². The van der Waals surface area contributed by atoms with E-state index >= 15 is 0 Å². The largest absolute Gasteiger partial charge is 0.390 e. The lowest BCUT2D eigenvalue weighted by Crippen LogP contribution is -2.37. The summed E-state index contributed by atoms with van der Waals surface area (Å²) < 4.78 is 18.3. The van der Waals surface area contributed by atoms with Crippen molar-refractivity contribution in [2.45, 2.75) is 78.2 Å². The number of rotatable bonds is 19. The first-order chi connectivity index (χ1) is 23.3. The Morgan fingerprint density at radius 1 is 0.521 bits per heavy atom. The number of hydrogen-bond acceptors (Lipinski definition) is 4. The van der Waals surface area contributed by atoms with E-state index in [9.17, 15) is 5.11 Å². The quantitative estimate of drug-likeness (QED) is 0.103. The fourth-order valence-electron chi connectivity index (χ4n) is 5.51. The van der Waals surface area contributed by atoms with Gasteiger partial charge >= 0.3 is 0 Å². The maximum atomic E-state index is 10.5. The van der Waals surface area contributed by atoms with Gasteiger partial charge in [-0.05, 0) is 54.9 Å². The van der Waals surface area contributed by atoms with Crippen molar-refractivity contribution in [1.82, 2.24) is 0 Å². The van der Waals surface area contributed by atoms with Crippen molar-refractivity contribution >= 4 is 0 Å². The SMILES string of the molecule is C=C[C@H](Cc1ccccc1)[C@@H](O)[C@H](C)OCc1ccccc1.C=C[C@H](Cc1ccccc1)[C@@H](OCC(C)C)[C@H](C)OCc1ccccc1. The van der Waals surface area contributed by atoms with Crippen LogP contribution < -0.4 is 0 Å². The van der Waals surface area contributed by atoms with Gasteiger partial charge in [0, 0.05) is 18.4 Å². The van der Waals surface area contributed by atoms with Crippen LogP contribution in [0.1, 0.15) is 49.9 Å². The van der Waals surface area contributed by atoms with Gasteiger partial charge in [-0.3, -0.25) is 0 Å². The highest BCUT2D eigenvalue weighted by atomic mass is 16.5. The average Bonchev–Trinajstić information content (AvgIpc) is 3.13. The molecule has 0 amide bonds. The molecule has 0 aliphatic carbocycles. The van der Waals surface area contributed by atoms with Crippen LogP contribution in [0.3, 0.4) is 0 Å². The molecule has 4 aromatic carbocycles. The highest BCUT2D eigenvalue weighted by Crippen LogP contribution is 2.23. The van der Waals surface area contributed by atoms with Crippen LogP contribution in [0, 0.1) is 17.8 Å². The van der Waals surface area contributed by atoms with Gasteiger partial charge in [0.05, 0.1) is 37.6 Å². The maximum absolute atomic E-state index is 10.5. The summed E-state index contributed by atoms with van der Waals surface area (Å²) in [6, 6.07) is 41.0. The summed E-state index contributed by atoms with van der Waals surface area (Å²) >= 11 is 0. The monoisotopic (exact) mass is 648 g/mol. The molecule has 0 saturated carbocycles. The lowest BCUT2D eigenvalue weighted by Gasteiger charge is -2.31. The molecule has 0 radical (unpaired) electrons. The first-order valence-corrected chi connectivity index (χ1v) is 17.2. The molecular formula is C44H56O4. The third kappa shape index (κ3) is 14.1. The number of benzene rings is 4. The lowest BCUT2D eigenvalue weighted by atomic mass is 9.91. The van der Waals surface area contributed by atoms with Crippen molar-refractivity contribution < 1.29 is 19.3 Å². The summed E-state index contributed by atoms with van der Waals surface area (Å²) in [4.78, 5) is 0. The Kier molecular flexibility index (Phi) is 17.7. The maximum Gasteiger partial charge on any atom is 0.0899 e. The fraction of sp³-hybridized carbons (Fsp3) is 0.364. The Labute approximate surface area is 290 Å². The second-order valence-electron chi connectivity index (χ2n) is 12.9. The topological polar surface area (TPSA) is 47.9 Å².